The van der Waals surface area contributed by atoms with Crippen molar-refractivity contribution in [2.45, 2.75) is 65.4 Å². The standard InChI is InChI=1S/C24H34O4/c1-4-24(2,3)23(27)28-17-8-11-7-14(17)21-16-9-15(19(11)21)20-12-5-10(18(16)20)6-13(12)22(25)26/h10-21H,4-9H2,1-3H3,(H,25,26). The van der Waals surface area contributed by atoms with Crippen molar-refractivity contribution in [2.75, 3.05) is 0 Å². The van der Waals surface area contributed by atoms with Crippen LogP contribution in [0, 0.1) is 70.5 Å². The highest BCUT2D eigenvalue weighted by Gasteiger charge is 2.73. The summed E-state index contributed by atoms with van der Waals surface area (Å²) in [6, 6.07) is 0. The van der Waals surface area contributed by atoms with Gasteiger partial charge in [-0.1, -0.05) is 6.92 Å². The molecule has 0 aromatic carbocycles. The second kappa shape index (κ2) is 5.55. The molecule has 4 heteroatoms. The van der Waals surface area contributed by atoms with Crippen molar-refractivity contribution in [2.24, 2.45) is 70.5 Å². The molecule has 0 heterocycles. The van der Waals surface area contributed by atoms with Gasteiger partial charge in [-0.05, 0) is 112 Å². The number of carbonyl (C=O) groups excluding carboxylic acids is 1. The van der Waals surface area contributed by atoms with Crippen LogP contribution in [0.5, 0.6) is 0 Å². The van der Waals surface area contributed by atoms with Gasteiger partial charge in [0.2, 0.25) is 0 Å². The first-order valence-corrected chi connectivity index (χ1v) is 11.8. The van der Waals surface area contributed by atoms with E-state index in [0.717, 1.165) is 54.8 Å². The molecule has 0 aliphatic heterocycles. The first kappa shape index (κ1) is 17.8. The summed E-state index contributed by atoms with van der Waals surface area (Å²) in [5.41, 5.74) is -0.378. The SMILES string of the molecule is CCC(C)(C)C(=O)OC1CC2CC1C1C3CC(C21)C1C2CC(CC2C(=O)O)C31. The third-order valence-corrected chi connectivity index (χ3v) is 10.7. The first-order chi connectivity index (χ1) is 13.3. The Kier molecular flexibility index (Phi) is 3.52. The number of rotatable bonds is 4. The highest BCUT2D eigenvalue weighted by atomic mass is 16.5. The summed E-state index contributed by atoms with van der Waals surface area (Å²) in [6.45, 7) is 6.07. The molecule has 154 valence electrons. The minimum Gasteiger partial charge on any atom is -0.481 e. The van der Waals surface area contributed by atoms with Gasteiger partial charge in [0.25, 0.3) is 0 Å². The van der Waals surface area contributed by atoms with E-state index in [2.05, 4.69) is 6.92 Å². The largest absolute Gasteiger partial charge is 0.481 e. The summed E-state index contributed by atoms with van der Waals surface area (Å²) < 4.78 is 6.12. The number of carboxylic acids is 1. The van der Waals surface area contributed by atoms with Crippen LogP contribution in [0.1, 0.15) is 59.3 Å². The molecule has 6 rings (SSSR count). The lowest BCUT2D eigenvalue weighted by molar-refractivity contribution is -0.165. The zero-order valence-electron chi connectivity index (χ0n) is 17.3. The van der Waals surface area contributed by atoms with Crippen molar-refractivity contribution >= 4 is 11.9 Å². The fourth-order valence-electron chi connectivity index (χ4n) is 9.63. The van der Waals surface area contributed by atoms with Gasteiger partial charge in [0.15, 0.2) is 0 Å². The molecule has 1 N–H and O–H groups in total. The molecular weight excluding hydrogens is 352 g/mol. The monoisotopic (exact) mass is 386 g/mol. The normalized spacial score (nSPS) is 54.8. The van der Waals surface area contributed by atoms with Crippen molar-refractivity contribution in [1.82, 2.24) is 0 Å². The van der Waals surface area contributed by atoms with E-state index in [1.807, 2.05) is 13.8 Å². The van der Waals surface area contributed by atoms with Gasteiger partial charge in [0, 0.05) is 0 Å². The zero-order chi connectivity index (χ0) is 19.5. The molecule has 28 heavy (non-hydrogen) atoms. The topological polar surface area (TPSA) is 63.6 Å². The molecule has 0 aromatic rings. The summed E-state index contributed by atoms with van der Waals surface area (Å²) in [7, 11) is 0. The molecule has 0 spiro atoms. The van der Waals surface area contributed by atoms with Crippen molar-refractivity contribution in [1.29, 1.82) is 0 Å². The Hall–Kier alpha value is -1.06. The lowest BCUT2D eigenvalue weighted by Crippen LogP contribution is -2.46. The fraction of sp³-hybridized carbons (Fsp3) is 0.917. The zero-order valence-corrected chi connectivity index (χ0v) is 17.3. The second-order valence-electron chi connectivity index (χ2n) is 11.8. The lowest BCUT2D eigenvalue weighted by Gasteiger charge is -2.47. The van der Waals surface area contributed by atoms with Gasteiger partial charge in [-0.15, -0.1) is 0 Å². The van der Waals surface area contributed by atoms with E-state index in [1.165, 1.54) is 19.3 Å². The molecule has 4 nitrogen and oxygen atoms in total. The van der Waals surface area contributed by atoms with Crippen molar-refractivity contribution in [3.05, 3.63) is 0 Å². The van der Waals surface area contributed by atoms with Crippen LogP contribution in [0.2, 0.25) is 0 Å². The van der Waals surface area contributed by atoms with E-state index >= 15 is 0 Å². The van der Waals surface area contributed by atoms with Gasteiger partial charge >= 0.3 is 11.9 Å². The summed E-state index contributed by atoms with van der Waals surface area (Å²) in [5, 5.41) is 9.67. The average molecular weight is 387 g/mol. The summed E-state index contributed by atoms with van der Waals surface area (Å²) in [6.07, 6.45) is 6.74. The van der Waals surface area contributed by atoms with E-state index in [0.29, 0.717) is 23.7 Å². The molecule has 12 atom stereocenters. The molecule has 6 saturated carbocycles. The van der Waals surface area contributed by atoms with Crippen LogP contribution in [-0.2, 0) is 14.3 Å². The molecule has 6 aliphatic rings. The number of hydrogen-bond donors (Lipinski definition) is 1. The van der Waals surface area contributed by atoms with Crippen LogP contribution in [0.4, 0.5) is 0 Å². The Morgan fingerprint density at radius 1 is 0.857 bits per heavy atom. The molecular formula is C24H34O4. The third-order valence-electron chi connectivity index (χ3n) is 10.7. The second-order valence-corrected chi connectivity index (χ2v) is 11.8. The maximum Gasteiger partial charge on any atom is 0.311 e. The van der Waals surface area contributed by atoms with Gasteiger partial charge in [0.1, 0.15) is 6.10 Å². The fourth-order valence-corrected chi connectivity index (χ4v) is 9.63. The third kappa shape index (κ3) is 2.03. The van der Waals surface area contributed by atoms with Crippen LogP contribution in [0.15, 0.2) is 0 Å². The van der Waals surface area contributed by atoms with Gasteiger partial charge in [-0.25, -0.2) is 0 Å². The van der Waals surface area contributed by atoms with Crippen molar-refractivity contribution in [3.8, 4) is 0 Å². The molecule has 6 fully saturated rings. The maximum atomic E-state index is 12.7. The van der Waals surface area contributed by atoms with Gasteiger partial charge in [-0.3, -0.25) is 9.59 Å². The Morgan fingerprint density at radius 2 is 1.46 bits per heavy atom. The predicted molar refractivity (Wildman–Crippen MR) is 103 cm³/mol. The van der Waals surface area contributed by atoms with E-state index in [9.17, 15) is 14.7 Å². The number of carbonyl (C=O) groups is 2. The highest BCUT2D eigenvalue weighted by molar-refractivity contribution is 5.76. The minimum atomic E-state index is -0.538. The Bertz CT molecular complexity index is 728. The maximum absolute atomic E-state index is 12.7. The molecule has 6 bridgehead atoms. The molecule has 0 saturated heterocycles. The first-order valence-electron chi connectivity index (χ1n) is 11.8. The molecule has 0 amide bonds. The van der Waals surface area contributed by atoms with Crippen LogP contribution in [0.25, 0.3) is 0 Å². The quantitative estimate of drug-likeness (QED) is 0.580. The van der Waals surface area contributed by atoms with Crippen molar-refractivity contribution in [3.63, 3.8) is 0 Å². The average Bonchev–Trinajstić information content (AvgIpc) is 3.45. The number of fused-ring (bicyclic) bond motifs is 16. The van der Waals surface area contributed by atoms with Crippen LogP contribution < -0.4 is 0 Å². The number of ether oxygens (including phenoxy) is 1. The van der Waals surface area contributed by atoms with Crippen LogP contribution in [0.3, 0.4) is 0 Å². The summed E-state index contributed by atoms with van der Waals surface area (Å²) in [4.78, 5) is 24.4. The van der Waals surface area contributed by atoms with Crippen LogP contribution in [-0.4, -0.2) is 23.1 Å². The lowest BCUT2D eigenvalue weighted by atomic mass is 9.58. The molecule has 6 aliphatic carbocycles. The van der Waals surface area contributed by atoms with E-state index in [4.69, 9.17) is 4.74 Å². The Labute approximate surface area is 167 Å². The Balaban J connectivity index is 1.22. The molecule has 0 aromatic heterocycles. The molecule has 12 unspecified atom stereocenters. The smallest absolute Gasteiger partial charge is 0.311 e. The van der Waals surface area contributed by atoms with E-state index < -0.39 is 5.97 Å². The van der Waals surface area contributed by atoms with E-state index in [1.54, 1.807) is 0 Å². The van der Waals surface area contributed by atoms with Gasteiger partial charge in [0.05, 0.1) is 11.3 Å². The number of aliphatic carboxylic acids is 1. The van der Waals surface area contributed by atoms with Gasteiger partial charge < -0.3 is 9.84 Å². The Morgan fingerprint density at radius 3 is 2.11 bits per heavy atom. The van der Waals surface area contributed by atoms with Crippen molar-refractivity contribution < 1.29 is 19.4 Å². The number of hydrogen-bond acceptors (Lipinski definition) is 3. The molecule has 0 radical (unpaired) electrons. The summed E-state index contributed by atoms with van der Waals surface area (Å²) >= 11 is 0. The number of esters is 1. The predicted octanol–water partition coefficient (Wildman–Crippen LogP) is 4.23. The number of carboxylic acid groups (broad SMARTS) is 1. The van der Waals surface area contributed by atoms with Crippen LogP contribution >= 0.6 is 0 Å². The van der Waals surface area contributed by atoms with Gasteiger partial charge in [-0.2, -0.15) is 0 Å². The minimum absolute atomic E-state index is 0.00523. The summed E-state index contributed by atoms with van der Waals surface area (Å²) in [5.74, 6) is 6.43. The highest BCUT2D eigenvalue weighted by Crippen LogP contribution is 2.77. The van der Waals surface area contributed by atoms with E-state index in [-0.39, 0.29) is 23.4 Å².